The number of nitrogens with one attached hydrogen (secondary N) is 1. The van der Waals surface area contributed by atoms with E-state index in [0.29, 0.717) is 23.5 Å². The highest BCUT2D eigenvalue weighted by atomic mass is 19.1. The third kappa shape index (κ3) is 3.76. The molecule has 0 radical (unpaired) electrons. The van der Waals surface area contributed by atoms with Crippen molar-refractivity contribution in [2.75, 3.05) is 11.9 Å². The van der Waals surface area contributed by atoms with Gasteiger partial charge in [0.05, 0.1) is 12.3 Å². The zero-order valence-corrected chi connectivity index (χ0v) is 14.8. The van der Waals surface area contributed by atoms with E-state index >= 15 is 0 Å². The van der Waals surface area contributed by atoms with Crippen LogP contribution in [0, 0.1) is 17.3 Å². The highest BCUT2D eigenvalue weighted by Gasteiger charge is 2.36. The summed E-state index contributed by atoms with van der Waals surface area (Å²) in [4.78, 5) is 15.6. The van der Waals surface area contributed by atoms with Gasteiger partial charge in [-0.1, -0.05) is 12.1 Å². The number of rotatable bonds is 5. The number of nitrogens with zero attached hydrogens (tertiary/aromatic N) is 3. The minimum Gasteiger partial charge on any atom is -0.392 e. The molecule has 0 aliphatic carbocycles. The van der Waals surface area contributed by atoms with E-state index in [1.54, 1.807) is 42.6 Å². The summed E-state index contributed by atoms with van der Waals surface area (Å²) < 4.78 is 13.3. The second-order valence-electron chi connectivity index (χ2n) is 6.02. The van der Waals surface area contributed by atoms with E-state index in [1.165, 1.54) is 21.9 Å². The molecule has 2 aromatic rings. The number of hydrogen-bond acceptors (Lipinski definition) is 5. The number of amides is 1. The van der Waals surface area contributed by atoms with Crippen molar-refractivity contribution in [1.82, 2.24) is 9.80 Å². The number of hydrogen-bond donors (Lipinski definition) is 2. The average Bonchev–Trinajstić information content (AvgIpc) is 2.70. The fraction of sp³-hybridized carbons (Fsp3) is 0.200. The zero-order valence-electron chi connectivity index (χ0n) is 14.8. The summed E-state index contributed by atoms with van der Waals surface area (Å²) in [7, 11) is 0. The fourth-order valence-electron chi connectivity index (χ4n) is 2.86. The predicted octanol–water partition coefficient (Wildman–Crippen LogP) is 2.70. The van der Waals surface area contributed by atoms with Crippen LogP contribution in [0.1, 0.15) is 18.1 Å². The van der Waals surface area contributed by atoms with Crippen LogP contribution in [0.5, 0.6) is 0 Å². The van der Waals surface area contributed by atoms with Crippen molar-refractivity contribution in [3.8, 4) is 6.19 Å². The first-order valence-corrected chi connectivity index (χ1v) is 8.51. The number of likely N-dealkylation sites (N-methyl/N-ethyl adjacent to an activating group) is 1. The molecule has 0 fully saturated rings. The van der Waals surface area contributed by atoms with Crippen LogP contribution in [0.25, 0.3) is 5.70 Å². The van der Waals surface area contributed by atoms with E-state index in [0.717, 1.165) is 5.56 Å². The van der Waals surface area contributed by atoms with Crippen molar-refractivity contribution in [1.29, 1.82) is 5.26 Å². The molecule has 1 aliphatic heterocycles. The number of anilines is 1. The van der Waals surface area contributed by atoms with Gasteiger partial charge in [-0.2, -0.15) is 5.26 Å². The molecular formula is C20H19FN4O2. The average molecular weight is 366 g/mol. The molecule has 1 aliphatic rings. The lowest BCUT2D eigenvalue weighted by Crippen LogP contribution is -2.52. The molecule has 0 saturated carbocycles. The van der Waals surface area contributed by atoms with Crippen LogP contribution in [0.4, 0.5) is 10.1 Å². The first-order valence-electron chi connectivity index (χ1n) is 8.51. The third-order valence-electron chi connectivity index (χ3n) is 4.34. The molecule has 1 unspecified atom stereocenters. The second-order valence-corrected chi connectivity index (χ2v) is 6.02. The SMILES string of the molecule is CCN1C=C(c2ccc(F)cc2)N(C#N)C(Nc2ccc(CO)cc2)C1=O. The number of carbonyl (C=O) groups is 1. The fourth-order valence-corrected chi connectivity index (χ4v) is 2.86. The lowest BCUT2D eigenvalue weighted by molar-refractivity contribution is -0.132. The third-order valence-corrected chi connectivity index (χ3v) is 4.34. The standard InChI is InChI=1S/C20H19FN4O2/c1-2-24-11-18(15-5-7-16(21)8-6-15)25(13-22)19(20(24)27)23-17-9-3-14(12-26)4-10-17/h3-11,19,23,26H,2,12H2,1H3. The van der Waals surface area contributed by atoms with Gasteiger partial charge in [-0.05, 0) is 48.9 Å². The Labute approximate surface area is 156 Å². The van der Waals surface area contributed by atoms with E-state index < -0.39 is 6.17 Å². The van der Waals surface area contributed by atoms with E-state index in [4.69, 9.17) is 5.11 Å². The van der Waals surface area contributed by atoms with Crippen molar-refractivity contribution in [2.45, 2.75) is 19.7 Å². The van der Waals surface area contributed by atoms with Gasteiger partial charge in [0.15, 0.2) is 12.4 Å². The van der Waals surface area contributed by atoms with Crippen LogP contribution in [-0.2, 0) is 11.4 Å². The first kappa shape index (κ1) is 18.4. The highest BCUT2D eigenvalue weighted by molar-refractivity contribution is 5.91. The van der Waals surface area contributed by atoms with Crippen LogP contribution in [0.15, 0.2) is 54.7 Å². The molecule has 0 bridgehead atoms. The van der Waals surface area contributed by atoms with E-state index in [-0.39, 0.29) is 18.3 Å². The maximum Gasteiger partial charge on any atom is 0.271 e. The van der Waals surface area contributed by atoms with Gasteiger partial charge in [0.2, 0.25) is 0 Å². The second kappa shape index (κ2) is 7.89. The van der Waals surface area contributed by atoms with Crippen molar-refractivity contribution in [2.24, 2.45) is 0 Å². The summed E-state index contributed by atoms with van der Waals surface area (Å²) in [6.07, 6.45) is 2.73. The normalized spacial score (nSPS) is 16.7. The molecule has 27 heavy (non-hydrogen) atoms. The molecule has 0 spiro atoms. The Morgan fingerprint density at radius 3 is 2.41 bits per heavy atom. The lowest BCUT2D eigenvalue weighted by atomic mass is 10.1. The summed E-state index contributed by atoms with van der Waals surface area (Å²) in [5.41, 5.74) is 2.52. The quantitative estimate of drug-likeness (QED) is 0.796. The monoisotopic (exact) mass is 366 g/mol. The number of aliphatic hydroxyl groups excluding tert-OH is 1. The first-order chi connectivity index (χ1) is 13.1. The Morgan fingerprint density at radius 2 is 1.85 bits per heavy atom. The van der Waals surface area contributed by atoms with Gasteiger partial charge in [0.1, 0.15) is 5.82 Å². The van der Waals surface area contributed by atoms with Crippen LogP contribution in [0.3, 0.4) is 0 Å². The van der Waals surface area contributed by atoms with E-state index in [9.17, 15) is 14.4 Å². The molecule has 1 atom stereocenters. The largest absolute Gasteiger partial charge is 0.392 e. The molecule has 1 heterocycles. The van der Waals surface area contributed by atoms with Gasteiger partial charge in [-0.25, -0.2) is 9.29 Å². The number of benzene rings is 2. The molecule has 3 rings (SSSR count). The maximum absolute atomic E-state index is 13.3. The van der Waals surface area contributed by atoms with Crippen molar-refractivity contribution in [3.05, 3.63) is 71.7 Å². The van der Waals surface area contributed by atoms with Crippen LogP contribution >= 0.6 is 0 Å². The van der Waals surface area contributed by atoms with Gasteiger partial charge in [-0.15, -0.1) is 0 Å². The number of carbonyl (C=O) groups excluding carboxylic acids is 1. The van der Waals surface area contributed by atoms with Crippen molar-refractivity contribution < 1.29 is 14.3 Å². The Bertz CT molecular complexity index is 888. The molecule has 7 heteroatoms. The summed E-state index contributed by atoms with van der Waals surface area (Å²) in [5, 5.41) is 21.9. The van der Waals surface area contributed by atoms with Gasteiger partial charge in [-0.3, -0.25) is 4.79 Å². The van der Waals surface area contributed by atoms with Gasteiger partial charge < -0.3 is 15.3 Å². The minimum absolute atomic E-state index is 0.0754. The van der Waals surface area contributed by atoms with E-state index in [1.807, 2.05) is 6.92 Å². The van der Waals surface area contributed by atoms with Crippen LogP contribution in [-0.4, -0.2) is 33.5 Å². The summed E-state index contributed by atoms with van der Waals surface area (Å²) in [6.45, 7) is 2.20. The molecular weight excluding hydrogens is 347 g/mol. The molecule has 138 valence electrons. The molecule has 6 nitrogen and oxygen atoms in total. The Balaban J connectivity index is 1.96. The van der Waals surface area contributed by atoms with Crippen molar-refractivity contribution >= 4 is 17.3 Å². The highest BCUT2D eigenvalue weighted by Crippen LogP contribution is 2.28. The topological polar surface area (TPSA) is 79.6 Å². The lowest BCUT2D eigenvalue weighted by Gasteiger charge is -2.37. The van der Waals surface area contributed by atoms with Crippen molar-refractivity contribution in [3.63, 3.8) is 0 Å². The number of aliphatic hydroxyl groups is 1. The van der Waals surface area contributed by atoms with Crippen LogP contribution in [0.2, 0.25) is 0 Å². The van der Waals surface area contributed by atoms with Gasteiger partial charge in [0, 0.05) is 24.0 Å². The molecule has 1 amide bonds. The van der Waals surface area contributed by atoms with Gasteiger partial charge in [0.25, 0.3) is 5.91 Å². The van der Waals surface area contributed by atoms with E-state index in [2.05, 4.69) is 11.5 Å². The number of nitriles is 1. The maximum atomic E-state index is 13.3. The van der Waals surface area contributed by atoms with Gasteiger partial charge >= 0.3 is 0 Å². The summed E-state index contributed by atoms with van der Waals surface area (Å²) >= 11 is 0. The molecule has 0 aromatic heterocycles. The Hall–Kier alpha value is -3.37. The summed E-state index contributed by atoms with van der Waals surface area (Å²) in [6, 6.07) is 12.7. The molecule has 2 aromatic carbocycles. The zero-order chi connectivity index (χ0) is 19.4. The Kier molecular flexibility index (Phi) is 5.38. The Morgan fingerprint density at radius 1 is 1.19 bits per heavy atom. The minimum atomic E-state index is -0.931. The molecule has 2 N–H and O–H groups in total. The number of halogens is 1. The predicted molar refractivity (Wildman–Crippen MR) is 99.0 cm³/mol. The molecule has 0 saturated heterocycles. The smallest absolute Gasteiger partial charge is 0.271 e. The van der Waals surface area contributed by atoms with Crippen LogP contribution < -0.4 is 5.32 Å². The summed E-state index contributed by atoms with van der Waals surface area (Å²) in [5.74, 6) is -0.642.